The van der Waals surface area contributed by atoms with Crippen LogP contribution in [0.2, 0.25) is 0 Å². The number of carbonyl (C=O) groups is 2. The second-order valence-electron chi connectivity index (χ2n) is 6.12. The first kappa shape index (κ1) is 17.7. The number of benzene rings is 2. The first-order valence-electron chi connectivity index (χ1n) is 8.82. The van der Waals surface area contributed by atoms with Crippen molar-refractivity contribution in [1.82, 2.24) is 15.0 Å². The molecule has 0 atom stereocenters. The third kappa shape index (κ3) is 3.42. The molecular weight excluding hydrogens is 358 g/mol. The highest BCUT2D eigenvalue weighted by atomic mass is 16.5. The Balaban J connectivity index is 1.65. The number of aromatic amines is 1. The number of ether oxygens (including phenoxy) is 2. The van der Waals surface area contributed by atoms with E-state index < -0.39 is 11.9 Å². The van der Waals surface area contributed by atoms with Crippen LogP contribution in [0.5, 0.6) is 0 Å². The second kappa shape index (κ2) is 7.48. The van der Waals surface area contributed by atoms with Gasteiger partial charge >= 0.3 is 11.9 Å². The molecule has 28 heavy (non-hydrogen) atoms. The Morgan fingerprint density at radius 3 is 2.61 bits per heavy atom. The molecule has 0 fully saturated rings. The summed E-state index contributed by atoms with van der Waals surface area (Å²) in [6.45, 7) is 2.15. The Morgan fingerprint density at radius 2 is 1.82 bits per heavy atom. The summed E-state index contributed by atoms with van der Waals surface area (Å²) in [6.07, 6.45) is 1.53. The summed E-state index contributed by atoms with van der Waals surface area (Å²) in [4.78, 5) is 35.9. The number of nitrogens with one attached hydrogen (secondary N) is 1. The van der Waals surface area contributed by atoms with Crippen molar-refractivity contribution in [3.05, 3.63) is 71.7 Å². The summed E-state index contributed by atoms with van der Waals surface area (Å²) in [5, 5.41) is 0.706. The molecule has 0 saturated carbocycles. The molecule has 0 aliphatic rings. The molecule has 0 aliphatic carbocycles. The molecular formula is C21H17N3O4. The molecule has 0 saturated heterocycles. The van der Waals surface area contributed by atoms with Gasteiger partial charge in [-0.15, -0.1) is 0 Å². The number of esters is 2. The van der Waals surface area contributed by atoms with Gasteiger partial charge in [-0.3, -0.25) is 0 Å². The van der Waals surface area contributed by atoms with Crippen LogP contribution in [0.3, 0.4) is 0 Å². The van der Waals surface area contributed by atoms with Gasteiger partial charge in [-0.25, -0.2) is 19.6 Å². The highest BCUT2D eigenvalue weighted by molar-refractivity contribution is 6.08. The summed E-state index contributed by atoms with van der Waals surface area (Å²) >= 11 is 0. The van der Waals surface area contributed by atoms with Crippen LogP contribution in [0.25, 0.3) is 21.9 Å². The van der Waals surface area contributed by atoms with Crippen molar-refractivity contribution in [3.8, 4) is 0 Å². The van der Waals surface area contributed by atoms with Gasteiger partial charge in [0.2, 0.25) is 5.82 Å². The molecule has 1 N–H and O–H groups in total. The van der Waals surface area contributed by atoms with Gasteiger partial charge < -0.3 is 14.5 Å². The molecule has 2 aromatic carbocycles. The summed E-state index contributed by atoms with van der Waals surface area (Å²) in [5.74, 6) is -1.04. The molecule has 2 aromatic heterocycles. The van der Waals surface area contributed by atoms with Gasteiger partial charge in [-0.1, -0.05) is 30.3 Å². The summed E-state index contributed by atoms with van der Waals surface area (Å²) < 4.78 is 10.3. The van der Waals surface area contributed by atoms with Crippen LogP contribution in [0.4, 0.5) is 0 Å². The summed E-state index contributed by atoms with van der Waals surface area (Å²) in [5.41, 5.74) is 3.31. The molecule has 7 nitrogen and oxygen atoms in total. The molecule has 140 valence electrons. The van der Waals surface area contributed by atoms with Crippen molar-refractivity contribution in [2.75, 3.05) is 6.61 Å². The standard InChI is InChI=1S/C21H17N3O4/c1-2-27-21(26)19-22-11-17-18(24-19)15-10-14(8-9-16(15)23-17)20(25)28-12-13-6-4-3-5-7-13/h3-11,23H,2,12H2,1H3. The van der Waals surface area contributed by atoms with E-state index in [1.165, 1.54) is 6.20 Å². The fourth-order valence-electron chi connectivity index (χ4n) is 2.90. The maximum absolute atomic E-state index is 12.4. The van der Waals surface area contributed by atoms with Crippen LogP contribution in [0.1, 0.15) is 33.5 Å². The van der Waals surface area contributed by atoms with E-state index in [-0.39, 0.29) is 19.0 Å². The molecule has 7 heteroatoms. The maximum Gasteiger partial charge on any atom is 0.376 e. The smallest absolute Gasteiger partial charge is 0.376 e. The molecule has 0 bridgehead atoms. The van der Waals surface area contributed by atoms with Crippen LogP contribution in [-0.4, -0.2) is 33.5 Å². The summed E-state index contributed by atoms with van der Waals surface area (Å²) in [7, 11) is 0. The Kier molecular flexibility index (Phi) is 4.72. The monoisotopic (exact) mass is 375 g/mol. The topological polar surface area (TPSA) is 94.2 Å². The molecule has 0 spiro atoms. The largest absolute Gasteiger partial charge is 0.460 e. The molecule has 4 rings (SSSR count). The first-order chi connectivity index (χ1) is 13.7. The Labute approximate surface area is 160 Å². The number of carbonyl (C=O) groups excluding carboxylic acids is 2. The first-order valence-corrected chi connectivity index (χ1v) is 8.82. The van der Waals surface area contributed by atoms with Crippen molar-refractivity contribution in [1.29, 1.82) is 0 Å². The highest BCUT2D eigenvalue weighted by Crippen LogP contribution is 2.25. The van der Waals surface area contributed by atoms with E-state index in [0.29, 0.717) is 22.0 Å². The fourth-order valence-corrected chi connectivity index (χ4v) is 2.90. The van der Waals surface area contributed by atoms with Crippen LogP contribution in [0, 0.1) is 0 Å². The lowest BCUT2D eigenvalue weighted by atomic mass is 10.1. The lowest BCUT2D eigenvalue weighted by Crippen LogP contribution is -2.09. The minimum atomic E-state index is -0.586. The fraction of sp³-hybridized carbons (Fsp3) is 0.143. The van der Waals surface area contributed by atoms with Crippen molar-refractivity contribution in [2.24, 2.45) is 0 Å². The third-order valence-corrected chi connectivity index (χ3v) is 4.24. The van der Waals surface area contributed by atoms with E-state index in [4.69, 9.17) is 9.47 Å². The number of H-pyrrole nitrogens is 1. The lowest BCUT2D eigenvalue weighted by Gasteiger charge is -2.05. The number of rotatable bonds is 5. The molecule has 0 radical (unpaired) electrons. The van der Waals surface area contributed by atoms with Gasteiger partial charge in [-0.2, -0.15) is 0 Å². The SMILES string of the molecule is CCOC(=O)c1ncc2[nH]c3ccc(C(=O)OCc4ccccc4)cc3c2n1. The Morgan fingerprint density at radius 1 is 1.00 bits per heavy atom. The van der Waals surface area contributed by atoms with Crippen LogP contribution < -0.4 is 0 Å². The van der Waals surface area contributed by atoms with E-state index in [0.717, 1.165) is 11.1 Å². The predicted molar refractivity (Wildman–Crippen MR) is 103 cm³/mol. The average molecular weight is 375 g/mol. The van der Waals surface area contributed by atoms with E-state index >= 15 is 0 Å². The van der Waals surface area contributed by atoms with E-state index in [2.05, 4.69) is 15.0 Å². The second-order valence-corrected chi connectivity index (χ2v) is 6.12. The van der Waals surface area contributed by atoms with Gasteiger partial charge in [0.25, 0.3) is 0 Å². The normalized spacial score (nSPS) is 10.9. The molecule has 0 unspecified atom stereocenters. The van der Waals surface area contributed by atoms with E-state index in [9.17, 15) is 9.59 Å². The number of aromatic nitrogens is 3. The van der Waals surface area contributed by atoms with E-state index in [1.54, 1.807) is 25.1 Å². The molecule has 4 aromatic rings. The Hall–Kier alpha value is -3.74. The maximum atomic E-state index is 12.4. The quantitative estimate of drug-likeness (QED) is 0.535. The molecule has 0 aliphatic heterocycles. The Bertz CT molecular complexity index is 1170. The average Bonchev–Trinajstić information content (AvgIpc) is 3.10. The van der Waals surface area contributed by atoms with Crippen LogP contribution >= 0.6 is 0 Å². The lowest BCUT2D eigenvalue weighted by molar-refractivity contribution is 0.0471. The number of fused-ring (bicyclic) bond motifs is 3. The van der Waals surface area contributed by atoms with E-state index in [1.807, 2.05) is 30.3 Å². The molecule has 0 amide bonds. The van der Waals surface area contributed by atoms with Gasteiger partial charge in [-0.05, 0) is 30.7 Å². The summed E-state index contributed by atoms with van der Waals surface area (Å²) in [6, 6.07) is 14.6. The minimum absolute atomic E-state index is 0.0210. The minimum Gasteiger partial charge on any atom is -0.460 e. The number of nitrogens with zero attached hydrogens (tertiary/aromatic N) is 2. The third-order valence-electron chi connectivity index (χ3n) is 4.24. The van der Waals surface area contributed by atoms with Crippen molar-refractivity contribution < 1.29 is 19.1 Å². The van der Waals surface area contributed by atoms with Gasteiger partial charge in [0, 0.05) is 10.9 Å². The zero-order chi connectivity index (χ0) is 19.5. The van der Waals surface area contributed by atoms with Crippen LogP contribution in [0.15, 0.2) is 54.7 Å². The van der Waals surface area contributed by atoms with Crippen molar-refractivity contribution in [3.63, 3.8) is 0 Å². The van der Waals surface area contributed by atoms with Crippen molar-refractivity contribution >= 4 is 33.9 Å². The van der Waals surface area contributed by atoms with Crippen molar-refractivity contribution in [2.45, 2.75) is 13.5 Å². The van der Waals surface area contributed by atoms with Gasteiger partial charge in [0.15, 0.2) is 0 Å². The zero-order valence-corrected chi connectivity index (χ0v) is 15.1. The van der Waals surface area contributed by atoms with Gasteiger partial charge in [0.05, 0.1) is 23.9 Å². The van der Waals surface area contributed by atoms with Gasteiger partial charge in [0.1, 0.15) is 12.1 Å². The zero-order valence-electron chi connectivity index (χ0n) is 15.1. The number of hydrogen-bond acceptors (Lipinski definition) is 6. The molecule has 2 heterocycles. The predicted octanol–water partition coefficient (Wildman–Crippen LogP) is 3.64. The van der Waals surface area contributed by atoms with Crippen LogP contribution in [-0.2, 0) is 16.1 Å². The highest BCUT2D eigenvalue weighted by Gasteiger charge is 2.16. The number of hydrogen-bond donors (Lipinski definition) is 1.